The predicted molar refractivity (Wildman–Crippen MR) is 80.1 cm³/mol. The third kappa shape index (κ3) is 5.54. The Bertz CT molecular complexity index is 589. The molecule has 1 aromatic carbocycles. The van der Waals surface area contributed by atoms with Gasteiger partial charge in [0.05, 0.1) is 6.54 Å². The molecule has 1 atom stereocenters. The molecule has 0 heterocycles. The Balaban J connectivity index is 1.96. The number of benzene rings is 1. The monoisotopic (exact) mass is 351 g/mol. The Labute approximate surface area is 135 Å². The number of rotatable bonds is 4. The largest absolute Gasteiger partial charge is 0.573 e. The highest BCUT2D eigenvalue weighted by Gasteiger charge is 2.41. The molecule has 0 bridgehead atoms. The summed E-state index contributed by atoms with van der Waals surface area (Å²) in [5.74, 6) is -4.19. The van der Waals surface area contributed by atoms with E-state index >= 15 is 0 Å². The third-order valence-corrected chi connectivity index (χ3v) is 3.73. The van der Waals surface area contributed by atoms with Gasteiger partial charge in [0.1, 0.15) is 5.75 Å². The summed E-state index contributed by atoms with van der Waals surface area (Å²) >= 11 is 0. The smallest absolute Gasteiger partial charge is 0.406 e. The summed E-state index contributed by atoms with van der Waals surface area (Å²) in [6.07, 6.45) is -3.37. The van der Waals surface area contributed by atoms with E-state index in [9.17, 15) is 22.0 Å². The quantitative estimate of drug-likeness (QED) is 0.487. The maximum absolute atomic E-state index is 13.7. The molecule has 1 aliphatic carbocycles. The number of alkyl halides is 5. The minimum Gasteiger partial charge on any atom is -0.406 e. The van der Waals surface area contributed by atoms with Gasteiger partial charge in [-0.15, -0.1) is 13.2 Å². The number of ether oxygens (including phenoxy) is 1. The second-order valence-corrected chi connectivity index (χ2v) is 5.63. The van der Waals surface area contributed by atoms with Crippen LogP contribution in [0.15, 0.2) is 29.3 Å². The molecule has 3 N–H and O–H groups in total. The summed E-state index contributed by atoms with van der Waals surface area (Å²) in [6, 6.07) is 5.02. The van der Waals surface area contributed by atoms with Crippen molar-refractivity contribution < 1.29 is 26.7 Å². The molecule has 1 aromatic rings. The van der Waals surface area contributed by atoms with E-state index in [0.717, 1.165) is 18.6 Å². The van der Waals surface area contributed by atoms with E-state index in [1.54, 1.807) is 0 Å². The predicted octanol–water partition coefficient (Wildman–Crippen LogP) is 4.14. The molecule has 0 aliphatic heterocycles. The van der Waals surface area contributed by atoms with Gasteiger partial charge in [-0.1, -0.05) is 12.5 Å². The molecular formula is C15H18F5N3O. The minimum atomic E-state index is -4.80. The summed E-state index contributed by atoms with van der Waals surface area (Å²) < 4.78 is 67.7. The zero-order chi connectivity index (χ0) is 17.8. The van der Waals surface area contributed by atoms with Gasteiger partial charge < -0.3 is 15.8 Å². The summed E-state index contributed by atoms with van der Waals surface area (Å²) in [6.45, 7) is -0.134. The highest BCUT2D eigenvalue weighted by molar-refractivity contribution is 5.92. The molecule has 0 radical (unpaired) electrons. The fourth-order valence-corrected chi connectivity index (χ4v) is 2.56. The zero-order valence-electron chi connectivity index (χ0n) is 12.7. The van der Waals surface area contributed by atoms with Gasteiger partial charge in [0, 0.05) is 24.1 Å². The van der Waals surface area contributed by atoms with Crippen molar-refractivity contribution in [1.82, 2.24) is 0 Å². The second kappa shape index (κ2) is 7.23. The van der Waals surface area contributed by atoms with Crippen LogP contribution in [0.4, 0.5) is 27.6 Å². The summed E-state index contributed by atoms with van der Waals surface area (Å²) in [4.78, 5) is 3.88. The molecule has 0 aromatic heterocycles. The maximum Gasteiger partial charge on any atom is 0.573 e. The third-order valence-electron chi connectivity index (χ3n) is 3.73. The minimum absolute atomic E-state index is 0.134. The molecule has 0 saturated heterocycles. The van der Waals surface area contributed by atoms with Crippen LogP contribution in [0.3, 0.4) is 0 Å². The number of nitrogens with two attached hydrogens (primary N) is 1. The van der Waals surface area contributed by atoms with Crippen molar-refractivity contribution in [3.63, 3.8) is 0 Å². The second-order valence-electron chi connectivity index (χ2n) is 5.63. The van der Waals surface area contributed by atoms with Gasteiger partial charge in [-0.3, -0.25) is 4.99 Å². The first kappa shape index (κ1) is 18.3. The van der Waals surface area contributed by atoms with Gasteiger partial charge in [-0.05, 0) is 25.0 Å². The average Bonchev–Trinajstić information content (AvgIpc) is 2.44. The molecule has 1 unspecified atom stereocenters. The Hall–Kier alpha value is -2.06. The lowest BCUT2D eigenvalue weighted by Crippen LogP contribution is -2.35. The average molecular weight is 351 g/mol. The molecule has 0 amide bonds. The first-order valence-electron chi connectivity index (χ1n) is 7.46. The summed E-state index contributed by atoms with van der Waals surface area (Å²) in [5.41, 5.74) is 5.84. The van der Waals surface area contributed by atoms with Gasteiger partial charge in [-0.2, -0.15) is 0 Å². The molecule has 0 spiro atoms. The number of nitrogens with one attached hydrogen (secondary N) is 1. The summed E-state index contributed by atoms with van der Waals surface area (Å²) in [5, 5.41) is 2.57. The van der Waals surface area contributed by atoms with Crippen LogP contribution in [-0.2, 0) is 0 Å². The Morgan fingerprint density at radius 2 is 2.08 bits per heavy atom. The van der Waals surface area contributed by atoms with Crippen LogP contribution >= 0.6 is 0 Å². The molecule has 134 valence electrons. The van der Waals surface area contributed by atoms with Crippen LogP contribution in [0.25, 0.3) is 0 Å². The summed E-state index contributed by atoms with van der Waals surface area (Å²) in [7, 11) is 0. The molecule has 24 heavy (non-hydrogen) atoms. The van der Waals surface area contributed by atoms with Crippen LogP contribution in [0, 0.1) is 5.92 Å². The van der Waals surface area contributed by atoms with Gasteiger partial charge in [0.15, 0.2) is 5.96 Å². The number of hydrogen-bond acceptors (Lipinski definition) is 2. The van der Waals surface area contributed by atoms with Crippen LogP contribution in [-0.4, -0.2) is 24.8 Å². The zero-order valence-corrected chi connectivity index (χ0v) is 12.7. The standard InChI is InChI=1S/C15H18F5N3O/c16-14(17)7-2-1-4-10(14)9-22-13(21)23-11-5-3-6-12(8-11)24-15(18,19)20/h3,5-6,8,10H,1-2,4,7,9H2,(H3,21,22,23). The Morgan fingerprint density at radius 3 is 2.75 bits per heavy atom. The fourth-order valence-electron chi connectivity index (χ4n) is 2.56. The number of anilines is 1. The van der Waals surface area contributed by atoms with Crippen molar-refractivity contribution >= 4 is 11.6 Å². The maximum atomic E-state index is 13.7. The molecule has 9 heteroatoms. The lowest BCUT2D eigenvalue weighted by molar-refractivity contribution is -0.274. The van der Waals surface area contributed by atoms with E-state index in [4.69, 9.17) is 5.73 Å². The lowest BCUT2D eigenvalue weighted by atomic mass is 9.86. The Morgan fingerprint density at radius 1 is 1.33 bits per heavy atom. The number of guanidine groups is 1. The van der Waals surface area contributed by atoms with Gasteiger partial charge in [-0.25, -0.2) is 8.78 Å². The number of aliphatic imine (C=N–C) groups is 1. The van der Waals surface area contributed by atoms with Crippen LogP contribution in [0.2, 0.25) is 0 Å². The molecule has 2 rings (SSSR count). The molecule has 1 aliphatic rings. The lowest BCUT2D eigenvalue weighted by Gasteiger charge is -2.30. The van der Waals surface area contributed by atoms with E-state index in [-0.39, 0.29) is 24.6 Å². The van der Waals surface area contributed by atoms with E-state index in [2.05, 4.69) is 15.0 Å². The van der Waals surface area contributed by atoms with Gasteiger partial charge in [0.2, 0.25) is 0 Å². The number of nitrogens with zero attached hydrogens (tertiary/aromatic N) is 1. The Kier molecular flexibility index (Phi) is 5.51. The molecule has 1 saturated carbocycles. The van der Waals surface area contributed by atoms with Gasteiger partial charge >= 0.3 is 6.36 Å². The first-order valence-corrected chi connectivity index (χ1v) is 7.46. The fraction of sp³-hybridized carbons (Fsp3) is 0.533. The van der Waals surface area contributed by atoms with Crippen molar-refractivity contribution in [3.05, 3.63) is 24.3 Å². The van der Waals surface area contributed by atoms with E-state index < -0.39 is 24.0 Å². The highest BCUT2D eigenvalue weighted by Crippen LogP contribution is 2.38. The normalized spacial score (nSPS) is 21.4. The van der Waals surface area contributed by atoms with Crippen molar-refractivity contribution in [2.45, 2.75) is 38.0 Å². The van der Waals surface area contributed by atoms with Crippen LogP contribution in [0.5, 0.6) is 5.75 Å². The molecular weight excluding hydrogens is 333 g/mol. The number of hydrogen-bond donors (Lipinski definition) is 2. The van der Waals surface area contributed by atoms with Crippen LogP contribution < -0.4 is 15.8 Å². The van der Waals surface area contributed by atoms with E-state index in [1.165, 1.54) is 12.1 Å². The topological polar surface area (TPSA) is 59.6 Å². The number of halogens is 5. The van der Waals surface area contributed by atoms with Gasteiger partial charge in [0.25, 0.3) is 5.92 Å². The van der Waals surface area contributed by atoms with Crippen molar-refractivity contribution in [3.8, 4) is 5.75 Å². The van der Waals surface area contributed by atoms with Crippen molar-refractivity contribution in [1.29, 1.82) is 0 Å². The first-order chi connectivity index (χ1) is 11.2. The van der Waals surface area contributed by atoms with Crippen molar-refractivity contribution in [2.75, 3.05) is 11.9 Å². The SMILES string of the molecule is NC(=NCC1CCCCC1(F)F)Nc1cccc(OC(F)(F)F)c1. The van der Waals surface area contributed by atoms with E-state index in [0.29, 0.717) is 12.8 Å². The molecule has 4 nitrogen and oxygen atoms in total. The van der Waals surface area contributed by atoms with Crippen molar-refractivity contribution in [2.24, 2.45) is 16.6 Å². The highest BCUT2D eigenvalue weighted by atomic mass is 19.4. The molecule has 1 fully saturated rings. The van der Waals surface area contributed by atoms with E-state index in [1.807, 2.05) is 0 Å². The van der Waals surface area contributed by atoms with Crippen LogP contribution in [0.1, 0.15) is 25.7 Å².